The lowest BCUT2D eigenvalue weighted by Crippen LogP contribution is -2.65. The first-order chi connectivity index (χ1) is 16.9. The Bertz CT molecular complexity index is 869. The van der Waals surface area contributed by atoms with Crippen LogP contribution in [0.15, 0.2) is 0 Å². The summed E-state index contributed by atoms with van der Waals surface area (Å²) >= 11 is 0. The van der Waals surface area contributed by atoms with Crippen LogP contribution in [-0.2, 0) is 23.8 Å². The molecule has 5 heteroatoms. The Kier molecular flexibility index (Phi) is 6.83. The van der Waals surface area contributed by atoms with Gasteiger partial charge in [-0.05, 0) is 85.9 Å². The molecule has 5 nitrogen and oxygen atoms in total. The van der Waals surface area contributed by atoms with Crippen molar-refractivity contribution in [3.8, 4) is 0 Å². The second kappa shape index (κ2) is 9.27. The fourth-order valence-corrected chi connectivity index (χ4v) is 10.4. The van der Waals surface area contributed by atoms with Crippen molar-refractivity contribution in [1.82, 2.24) is 0 Å². The van der Waals surface area contributed by atoms with E-state index < -0.39 is 17.8 Å². The SMILES string of the molecule is CC(=O)O[C@H]1CC[C@]2(C)[C@H]3CC[C@]4(C)[C@@H]([C@H](C)CCCC(C)C)CC[C@H]4[C@@H]3C[C@@H]3O[C@@]32[C@H]1OC(C)=O. The van der Waals surface area contributed by atoms with Gasteiger partial charge in [0.05, 0.1) is 6.10 Å². The number of carbonyl (C=O) groups excluding carboxylic acids is 2. The van der Waals surface area contributed by atoms with E-state index in [1.165, 1.54) is 58.8 Å². The first kappa shape index (κ1) is 26.5. The molecule has 1 spiro atoms. The lowest BCUT2D eigenvalue weighted by atomic mass is 9.43. The zero-order chi connectivity index (χ0) is 26.0. The number of ether oxygens (including phenoxy) is 3. The van der Waals surface area contributed by atoms with Crippen molar-refractivity contribution < 1.29 is 23.8 Å². The maximum atomic E-state index is 12.2. The van der Waals surface area contributed by atoms with Gasteiger partial charge in [0.2, 0.25) is 0 Å². The third-order valence-corrected chi connectivity index (χ3v) is 11.9. The van der Waals surface area contributed by atoms with Gasteiger partial charge in [-0.2, -0.15) is 0 Å². The lowest BCUT2D eigenvalue weighted by molar-refractivity contribution is -0.202. The van der Waals surface area contributed by atoms with Gasteiger partial charge in [-0.25, -0.2) is 0 Å². The highest BCUT2D eigenvalue weighted by molar-refractivity contribution is 5.67. The van der Waals surface area contributed by atoms with Crippen LogP contribution in [0, 0.1) is 46.3 Å². The average molecular weight is 503 g/mol. The van der Waals surface area contributed by atoms with Crippen molar-refractivity contribution in [3.05, 3.63) is 0 Å². The minimum Gasteiger partial charge on any atom is -0.458 e. The van der Waals surface area contributed by atoms with Crippen molar-refractivity contribution in [1.29, 1.82) is 0 Å². The summed E-state index contributed by atoms with van der Waals surface area (Å²) in [4.78, 5) is 24.0. The standard InChI is InChI=1S/C31H50O5/c1-18(2)9-8-10-19(3)23-11-12-24-22-17-27-31(36-27)28(35-21(5)33)26(34-20(4)32)14-16-30(31,7)25(22)13-15-29(23,24)6/h18-19,22-28H,8-17H2,1-7H3/t19-,22+,23-,24+,25+,26+,27+,28+,29-,30-,31-/m1/s1. The van der Waals surface area contributed by atoms with Gasteiger partial charge in [-0.1, -0.05) is 53.9 Å². The Labute approximate surface area is 218 Å². The molecule has 1 aliphatic heterocycles. The lowest BCUT2D eigenvalue weighted by Gasteiger charge is -2.60. The summed E-state index contributed by atoms with van der Waals surface area (Å²) in [5.41, 5.74) is -0.0956. The van der Waals surface area contributed by atoms with E-state index in [-0.39, 0.29) is 23.5 Å². The van der Waals surface area contributed by atoms with Gasteiger partial charge in [0.25, 0.3) is 0 Å². The smallest absolute Gasteiger partial charge is 0.303 e. The average Bonchev–Trinajstić information content (AvgIpc) is 3.40. The predicted octanol–water partition coefficient (Wildman–Crippen LogP) is 6.71. The van der Waals surface area contributed by atoms with Gasteiger partial charge in [0.15, 0.2) is 6.10 Å². The first-order valence-corrected chi connectivity index (χ1v) is 15.0. The molecule has 4 saturated carbocycles. The van der Waals surface area contributed by atoms with E-state index in [1.807, 2.05) is 0 Å². The van der Waals surface area contributed by atoms with Crippen LogP contribution in [-0.4, -0.2) is 35.9 Å². The van der Waals surface area contributed by atoms with Crippen LogP contribution < -0.4 is 0 Å². The third-order valence-electron chi connectivity index (χ3n) is 11.9. The molecule has 0 aromatic rings. The summed E-state index contributed by atoms with van der Waals surface area (Å²) in [6.07, 6.45) is 11.4. The molecule has 5 fully saturated rings. The summed E-state index contributed by atoms with van der Waals surface area (Å²) in [7, 11) is 0. The number of fused-ring (bicyclic) bond motifs is 4. The maximum absolute atomic E-state index is 12.2. The van der Waals surface area contributed by atoms with E-state index >= 15 is 0 Å². The molecule has 11 atom stereocenters. The highest BCUT2D eigenvalue weighted by atomic mass is 16.7. The van der Waals surface area contributed by atoms with Crippen molar-refractivity contribution in [2.24, 2.45) is 46.3 Å². The topological polar surface area (TPSA) is 65.1 Å². The van der Waals surface area contributed by atoms with E-state index in [4.69, 9.17) is 14.2 Å². The van der Waals surface area contributed by atoms with E-state index in [0.29, 0.717) is 17.3 Å². The van der Waals surface area contributed by atoms with E-state index in [1.54, 1.807) is 0 Å². The number of epoxide rings is 1. The number of rotatable bonds is 7. The molecule has 0 radical (unpaired) electrons. The van der Waals surface area contributed by atoms with E-state index in [0.717, 1.165) is 42.9 Å². The van der Waals surface area contributed by atoms with Crippen molar-refractivity contribution in [2.45, 2.75) is 137 Å². The molecule has 0 unspecified atom stereocenters. The van der Waals surface area contributed by atoms with Gasteiger partial charge >= 0.3 is 11.9 Å². The van der Waals surface area contributed by atoms with Crippen LogP contribution in [0.2, 0.25) is 0 Å². The molecule has 4 aliphatic carbocycles. The molecule has 1 heterocycles. The Morgan fingerprint density at radius 3 is 2.31 bits per heavy atom. The normalized spacial score (nSPS) is 47.7. The summed E-state index contributed by atoms with van der Waals surface area (Å²) in [6.45, 7) is 15.2. The minimum absolute atomic E-state index is 0.0420. The molecule has 204 valence electrons. The largest absolute Gasteiger partial charge is 0.458 e. The van der Waals surface area contributed by atoms with Gasteiger partial charge < -0.3 is 14.2 Å². The minimum atomic E-state index is -0.492. The highest BCUT2D eigenvalue weighted by Gasteiger charge is 2.81. The molecule has 0 aromatic carbocycles. The fraction of sp³-hybridized carbons (Fsp3) is 0.935. The van der Waals surface area contributed by atoms with Crippen LogP contribution in [0.25, 0.3) is 0 Å². The quantitative estimate of drug-likeness (QED) is 0.286. The molecule has 36 heavy (non-hydrogen) atoms. The number of hydrogen-bond donors (Lipinski definition) is 0. The Balaban J connectivity index is 1.37. The van der Waals surface area contributed by atoms with Gasteiger partial charge in [-0.15, -0.1) is 0 Å². The zero-order valence-corrected chi connectivity index (χ0v) is 23.8. The van der Waals surface area contributed by atoms with Crippen LogP contribution >= 0.6 is 0 Å². The maximum Gasteiger partial charge on any atom is 0.303 e. The summed E-state index contributed by atoms with van der Waals surface area (Å²) in [5, 5.41) is 0. The van der Waals surface area contributed by atoms with Crippen LogP contribution in [0.3, 0.4) is 0 Å². The monoisotopic (exact) mass is 502 g/mol. The molecule has 0 bridgehead atoms. The van der Waals surface area contributed by atoms with Crippen LogP contribution in [0.5, 0.6) is 0 Å². The van der Waals surface area contributed by atoms with Gasteiger partial charge in [-0.3, -0.25) is 9.59 Å². The third kappa shape index (κ3) is 3.96. The number of carbonyl (C=O) groups is 2. The molecular formula is C31H50O5. The molecular weight excluding hydrogens is 452 g/mol. The van der Waals surface area contributed by atoms with Crippen LogP contribution in [0.1, 0.15) is 113 Å². The summed E-state index contributed by atoms with van der Waals surface area (Å²) < 4.78 is 18.3. The number of esters is 2. The number of hydrogen-bond acceptors (Lipinski definition) is 5. The Morgan fingerprint density at radius 2 is 1.64 bits per heavy atom. The summed E-state index contributed by atoms with van der Waals surface area (Å²) in [5.74, 6) is 3.86. The second-order valence-corrected chi connectivity index (χ2v) is 14.2. The van der Waals surface area contributed by atoms with Gasteiger partial charge in [0.1, 0.15) is 11.7 Å². The Hall–Kier alpha value is -1.10. The molecule has 0 N–H and O–H groups in total. The molecule has 0 aromatic heterocycles. The summed E-state index contributed by atoms with van der Waals surface area (Å²) in [6, 6.07) is 0. The van der Waals surface area contributed by atoms with E-state index in [2.05, 4.69) is 34.6 Å². The first-order valence-electron chi connectivity index (χ1n) is 15.0. The molecule has 5 aliphatic rings. The second-order valence-electron chi connectivity index (χ2n) is 14.2. The molecule has 1 saturated heterocycles. The van der Waals surface area contributed by atoms with E-state index in [9.17, 15) is 9.59 Å². The van der Waals surface area contributed by atoms with Crippen molar-refractivity contribution in [3.63, 3.8) is 0 Å². The molecule has 5 rings (SSSR count). The highest BCUT2D eigenvalue weighted by Crippen LogP contribution is 2.74. The molecule has 0 amide bonds. The van der Waals surface area contributed by atoms with Crippen molar-refractivity contribution in [2.75, 3.05) is 0 Å². The van der Waals surface area contributed by atoms with Gasteiger partial charge in [0, 0.05) is 19.3 Å². The van der Waals surface area contributed by atoms with Crippen LogP contribution in [0.4, 0.5) is 0 Å². The predicted molar refractivity (Wildman–Crippen MR) is 139 cm³/mol. The van der Waals surface area contributed by atoms with Crippen molar-refractivity contribution >= 4 is 11.9 Å². The fourth-order valence-electron chi connectivity index (χ4n) is 10.4. The zero-order valence-electron chi connectivity index (χ0n) is 23.8. The Morgan fingerprint density at radius 1 is 0.917 bits per heavy atom.